The molecule has 1 aromatic rings. The summed E-state index contributed by atoms with van der Waals surface area (Å²) in [6, 6.07) is 0. The lowest BCUT2D eigenvalue weighted by Crippen LogP contribution is -2.25. The van der Waals surface area contributed by atoms with Crippen molar-refractivity contribution in [2.75, 3.05) is 13.1 Å². The molecule has 146 valence electrons. The maximum Gasteiger partial charge on any atom is 0.220 e. The SMILES string of the molecule is Cl.Cl.NCCCCCCC(=O)NCCc1nc(C2CCCCC2)cs1. The van der Waals surface area contributed by atoms with Gasteiger partial charge in [0.2, 0.25) is 5.91 Å². The molecule has 1 amide bonds. The molecule has 2 rings (SSSR count). The van der Waals surface area contributed by atoms with Crippen molar-refractivity contribution in [1.29, 1.82) is 0 Å². The first-order valence-electron chi connectivity index (χ1n) is 9.20. The van der Waals surface area contributed by atoms with E-state index in [2.05, 4.69) is 10.7 Å². The minimum Gasteiger partial charge on any atom is -0.356 e. The average molecular weight is 410 g/mol. The van der Waals surface area contributed by atoms with Crippen LogP contribution >= 0.6 is 36.2 Å². The summed E-state index contributed by atoms with van der Waals surface area (Å²) >= 11 is 1.75. The number of carbonyl (C=O) groups excluding carboxylic acids is 1. The van der Waals surface area contributed by atoms with E-state index in [9.17, 15) is 4.79 Å². The maximum absolute atomic E-state index is 11.8. The topological polar surface area (TPSA) is 68.0 Å². The molecule has 0 bridgehead atoms. The lowest BCUT2D eigenvalue weighted by atomic mass is 9.87. The van der Waals surface area contributed by atoms with Gasteiger partial charge in [-0.2, -0.15) is 0 Å². The Bertz CT molecular complexity index is 465. The first-order chi connectivity index (χ1) is 11.3. The van der Waals surface area contributed by atoms with E-state index < -0.39 is 0 Å². The van der Waals surface area contributed by atoms with Gasteiger partial charge >= 0.3 is 0 Å². The normalized spacial score (nSPS) is 14.4. The van der Waals surface area contributed by atoms with Crippen molar-refractivity contribution in [1.82, 2.24) is 10.3 Å². The van der Waals surface area contributed by atoms with Crippen LogP contribution in [0.1, 0.15) is 80.8 Å². The summed E-state index contributed by atoms with van der Waals surface area (Å²) in [5.74, 6) is 0.846. The molecule has 1 saturated carbocycles. The Hall–Kier alpha value is -0.360. The van der Waals surface area contributed by atoms with Gasteiger partial charge in [0.15, 0.2) is 0 Å². The quantitative estimate of drug-likeness (QED) is 0.554. The minimum absolute atomic E-state index is 0. The number of nitrogens with one attached hydrogen (secondary N) is 1. The van der Waals surface area contributed by atoms with Crippen LogP contribution < -0.4 is 11.1 Å². The van der Waals surface area contributed by atoms with Crippen molar-refractivity contribution in [3.05, 3.63) is 16.1 Å². The number of rotatable bonds is 10. The molecule has 0 spiro atoms. The van der Waals surface area contributed by atoms with Gasteiger partial charge in [-0.15, -0.1) is 36.2 Å². The van der Waals surface area contributed by atoms with Gasteiger partial charge in [0.25, 0.3) is 0 Å². The highest BCUT2D eigenvalue weighted by atomic mass is 35.5. The lowest BCUT2D eigenvalue weighted by molar-refractivity contribution is -0.121. The fourth-order valence-corrected chi connectivity index (χ4v) is 4.09. The van der Waals surface area contributed by atoms with Crippen molar-refractivity contribution in [3.8, 4) is 0 Å². The summed E-state index contributed by atoms with van der Waals surface area (Å²) in [7, 11) is 0. The monoisotopic (exact) mass is 409 g/mol. The molecule has 0 atom stereocenters. The second-order valence-corrected chi connectivity index (χ2v) is 7.50. The fourth-order valence-electron chi connectivity index (χ4n) is 3.21. The van der Waals surface area contributed by atoms with E-state index in [1.807, 2.05) is 0 Å². The number of halogens is 2. The Balaban J connectivity index is 0.00000288. The first kappa shape index (κ1) is 24.6. The number of amides is 1. The van der Waals surface area contributed by atoms with E-state index in [-0.39, 0.29) is 30.7 Å². The van der Waals surface area contributed by atoms with E-state index >= 15 is 0 Å². The molecule has 0 unspecified atom stereocenters. The summed E-state index contributed by atoms with van der Waals surface area (Å²) in [6.45, 7) is 1.46. The molecule has 0 saturated heterocycles. The number of carbonyl (C=O) groups is 1. The van der Waals surface area contributed by atoms with E-state index in [4.69, 9.17) is 10.7 Å². The third-order valence-electron chi connectivity index (χ3n) is 4.61. The van der Waals surface area contributed by atoms with Crippen LogP contribution in [0.4, 0.5) is 0 Å². The van der Waals surface area contributed by atoms with E-state index in [0.717, 1.165) is 43.7 Å². The van der Waals surface area contributed by atoms with Gasteiger partial charge in [0, 0.05) is 30.7 Å². The fraction of sp³-hybridized carbons (Fsp3) is 0.778. The number of thiazole rings is 1. The molecule has 3 N–H and O–H groups in total. The first-order valence-corrected chi connectivity index (χ1v) is 10.1. The molecule has 7 heteroatoms. The third kappa shape index (κ3) is 9.78. The van der Waals surface area contributed by atoms with E-state index in [1.54, 1.807) is 11.3 Å². The highest BCUT2D eigenvalue weighted by molar-refractivity contribution is 7.09. The molecule has 25 heavy (non-hydrogen) atoms. The molecule has 0 radical (unpaired) electrons. The minimum atomic E-state index is 0. The Labute approximate surface area is 168 Å². The van der Waals surface area contributed by atoms with Gasteiger partial charge < -0.3 is 11.1 Å². The second kappa shape index (κ2) is 14.8. The van der Waals surface area contributed by atoms with Crippen LogP contribution in [-0.4, -0.2) is 24.0 Å². The molecule has 1 fully saturated rings. The van der Waals surface area contributed by atoms with Crippen molar-refractivity contribution < 1.29 is 4.79 Å². The molecule has 1 aliphatic carbocycles. The molecular formula is C18H33Cl2N3OS. The molecule has 1 aromatic heterocycles. The zero-order chi connectivity index (χ0) is 16.3. The molecular weight excluding hydrogens is 377 g/mol. The molecule has 0 aromatic carbocycles. The molecule has 1 aliphatic rings. The highest BCUT2D eigenvalue weighted by Crippen LogP contribution is 2.33. The second-order valence-electron chi connectivity index (χ2n) is 6.55. The average Bonchev–Trinajstić information content (AvgIpc) is 3.04. The predicted octanol–water partition coefficient (Wildman–Crippen LogP) is 4.60. The number of nitrogens with zero attached hydrogens (tertiary/aromatic N) is 1. The van der Waals surface area contributed by atoms with Gasteiger partial charge in [-0.1, -0.05) is 32.1 Å². The summed E-state index contributed by atoms with van der Waals surface area (Å²) in [5, 5.41) is 6.40. The van der Waals surface area contributed by atoms with Crippen molar-refractivity contribution in [3.63, 3.8) is 0 Å². The molecule has 4 nitrogen and oxygen atoms in total. The summed E-state index contributed by atoms with van der Waals surface area (Å²) in [6.07, 6.45) is 12.4. The molecule has 0 aliphatic heterocycles. The summed E-state index contributed by atoms with van der Waals surface area (Å²) in [4.78, 5) is 16.5. The van der Waals surface area contributed by atoms with Crippen LogP contribution in [0, 0.1) is 0 Å². The number of nitrogens with two attached hydrogens (primary N) is 1. The zero-order valence-corrected chi connectivity index (χ0v) is 17.5. The largest absolute Gasteiger partial charge is 0.356 e. The van der Waals surface area contributed by atoms with Gasteiger partial charge in [-0.25, -0.2) is 4.98 Å². The van der Waals surface area contributed by atoms with E-state index in [1.165, 1.54) is 37.8 Å². The Kier molecular flexibility index (Phi) is 14.6. The number of aromatic nitrogens is 1. The van der Waals surface area contributed by atoms with Gasteiger partial charge in [-0.05, 0) is 32.2 Å². The van der Waals surface area contributed by atoms with Gasteiger partial charge in [0.1, 0.15) is 0 Å². The Morgan fingerprint density at radius 3 is 2.60 bits per heavy atom. The van der Waals surface area contributed by atoms with Crippen molar-refractivity contribution in [2.45, 2.75) is 76.5 Å². The van der Waals surface area contributed by atoms with Crippen LogP contribution in [0.25, 0.3) is 0 Å². The predicted molar refractivity (Wildman–Crippen MR) is 111 cm³/mol. The maximum atomic E-state index is 11.8. The smallest absolute Gasteiger partial charge is 0.220 e. The van der Waals surface area contributed by atoms with E-state index in [0.29, 0.717) is 18.9 Å². The standard InChI is InChI=1S/C18H31N3OS.2ClH/c19-12-7-2-1-6-10-17(22)20-13-11-18-21-16(14-23-18)15-8-4-3-5-9-15;;/h14-15H,1-13,19H2,(H,20,22);2*1H. The summed E-state index contributed by atoms with van der Waals surface area (Å²) in [5.41, 5.74) is 6.74. The van der Waals surface area contributed by atoms with Crippen LogP contribution in [0.15, 0.2) is 5.38 Å². The zero-order valence-electron chi connectivity index (χ0n) is 15.0. The lowest BCUT2D eigenvalue weighted by Gasteiger charge is -2.19. The van der Waals surface area contributed by atoms with Crippen LogP contribution in [-0.2, 0) is 11.2 Å². The third-order valence-corrected chi connectivity index (χ3v) is 5.54. The Morgan fingerprint density at radius 2 is 1.88 bits per heavy atom. The number of hydrogen-bond acceptors (Lipinski definition) is 4. The van der Waals surface area contributed by atoms with Crippen molar-refractivity contribution >= 4 is 42.1 Å². The van der Waals surface area contributed by atoms with Crippen LogP contribution in [0.3, 0.4) is 0 Å². The van der Waals surface area contributed by atoms with Crippen LogP contribution in [0.5, 0.6) is 0 Å². The Morgan fingerprint density at radius 1 is 1.16 bits per heavy atom. The number of hydrogen-bond donors (Lipinski definition) is 2. The molecule has 1 heterocycles. The number of unbranched alkanes of at least 4 members (excludes halogenated alkanes) is 3. The van der Waals surface area contributed by atoms with Crippen LogP contribution in [0.2, 0.25) is 0 Å². The van der Waals surface area contributed by atoms with Gasteiger partial charge in [0.05, 0.1) is 10.7 Å². The van der Waals surface area contributed by atoms with Crippen molar-refractivity contribution in [2.24, 2.45) is 5.73 Å². The highest BCUT2D eigenvalue weighted by Gasteiger charge is 2.18. The summed E-state index contributed by atoms with van der Waals surface area (Å²) < 4.78 is 0. The van der Waals surface area contributed by atoms with Gasteiger partial charge in [-0.3, -0.25) is 4.79 Å².